The molecule has 168 valence electrons. The van der Waals surface area contributed by atoms with Crippen molar-refractivity contribution < 1.29 is 0 Å². The molecule has 0 aliphatic carbocycles. The molecular weight excluding hydrogens is 449 g/mol. The molecule has 0 aliphatic rings. The summed E-state index contributed by atoms with van der Waals surface area (Å²) in [6, 6.07) is 11.3. The largest absolute Gasteiger partial charge is 0.365 e. The zero-order chi connectivity index (χ0) is 22.8. The normalized spacial score (nSPS) is 11.1. The van der Waals surface area contributed by atoms with E-state index in [1.165, 1.54) is 10.8 Å². The van der Waals surface area contributed by atoms with Crippen LogP contribution in [0.2, 0.25) is 10.2 Å². The van der Waals surface area contributed by atoms with Crippen LogP contribution in [0.3, 0.4) is 0 Å². The van der Waals surface area contributed by atoms with Gasteiger partial charge in [0.25, 0.3) is 5.56 Å². The number of rotatable bonds is 11. The minimum Gasteiger partial charge on any atom is -0.365 e. The van der Waals surface area contributed by atoms with Gasteiger partial charge in [-0.1, -0.05) is 29.3 Å². The van der Waals surface area contributed by atoms with Gasteiger partial charge in [0.1, 0.15) is 5.15 Å². The number of hydrogen-bond acceptors (Lipinski definition) is 7. The highest BCUT2D eigenvalue weighted by Gasteiger charge is 2.09. The fraction of sp³-hybridized carbons (Fsp3) is 0.273. The SMILES string of the molecule is C/C=N\Nc1ccc(Cl)cc1CNCCn1c(Cl)cnc(NCCc2ccccn2)c1=O. The molecule has 8 nitrogen and oxygen atoms in total. The van der Waals surface area contributed by atoms with Gasteiger partial charge < -0.3 is 10.6 Å². The van der Waals surface area contributed by atoms with E-state index in [1.807, 2.05) is 37.3 Å². The summed E-state index contributed by atoms with van der Waals surface area (Å²) in [5.74, 6) is 0.268. The predicted octanol–water partition coefficient (Wildman–Crippen LogP) is 3.81. The average molecular weight is 474 g/mol. The zero-order valence-corrected chi connectivity index (χ0v) is 19.2. The van der Waals surface area contributed by atoms with Gasteiger partial charge in [0.05, 0.1) is 11.9 Å². The molecule has 0 unspecified atom stereocenters. The van der Waals surface area contributed by atoms with Gasteiger partial charge in [0.2, 0.25) is 0 Å². The molecule has 10 heteroatoms. The minimum absolute atomic E-state index is 0.261. The third-order valence-electron chi connectivity index (χ3n) is 4.61. The van der Waals surface area contributed by atoms with E-state index in [9.17, 15) is 4.79 Å². The van der Waals surface area contributed by atoms with E-state index in [4.69, 9.17) is 23.2 Å². The summed E-state index contributed by atoms with van der Waals surface area (Å²) < 4.78 is 1.49. The van der Waals surface area contributed by atoms with E-state index in [0.717, 1.165) is 16.9 Å². The summed E-state index contributed by atoms with van der Waals surface area (Å²) in [4.78, 5) is 21.2. The summed E-state index contributed by atoms with van der Waals surface area (Å²) in [7, 11) is 0. The lowest BCUT2D eigenvalue weighted by atomic mass is 10.2. The van der Waals surface area contributed by atoms with Gasteiger partial charge in [-0.2, -0.15) is 5.10 Å². The average Bonchev–Trinajstić information content (AvgIpc) is 2.80. The number of pyridine rings is 1. The fourth-order valence-corrected chi connectivity index (χ4v) is 3.42. The number of halogens is 2. The molecule has 0 saturated carbocycles. The highest BCUT2D eigenvalue weighted by molar-refractivity contribution is 6.30. The Kier molecular flexibility index (Phi) is 9.03. The molecule has 3 aromatic rings. The van der Waals surface area contributed by atoms with Crippen LogP contribution in [0, 0.1) is 0 Å². The molecule has 3 rings (SSSR count). The van der Waals surface area contributed by atoms with Crippen molar-refractivity contribution in [3.8, 4) is 0 Å². The number of hydrazone groups is 1. The van der Waals surface area contributed by atoms with Crippen molar-refractivity contribution in [1.82, 2.24) is 19.9 Å². The molecule has 1 aromatic carbocycles. The molecule has 2 aromatic heterocycles. The minimum atomic E-state index is -0.261. The van der Waals surface area contributed by atoms with Crippen molar-refractivity contribution in [1.29, 1.82) is 0 Å². The van der Waals surface area contributed by atoms with Crippen LogP contribution >= 0.6 is 23.2 Å². The van der Waals surface area contributed by atoms with Crippen LogP contribution in [0.5, 0.6) is 0 Å². The summed E-state index contributed by atoms with van der Waals surface area (Å²) in [6.07, 6.45) is 5.58. The molecule has 0 amide bonds. The van der Waals surface area contributed by atoms with Crippen LogP contribution in [0.4, 0.5) is 11.5 Å². The van der Waals surface area contributed by atoms with Crippen LogP contribution in [0.1, 0.15) is 18.2 Å². The highest BCUT2D eigenvalue weighted by Crippen LogP contribution is 2.20. The van der Waals surface area contributed by atoms with Crippen LogP contribution in [0.15, 0.2) is 58.7 Å². The number of nitrogens with zero attached hydrogens (tertiary/aromatic N) is 4. The number of nitrogens with one attached hydrogen (secondary N) is 3. The van der Waals surface area contributed by atoms with Gasteiger partial charge >= 0.3 is 0 Å². The standard InChI is InChI=1S/C22H25Cl2N7O/c1-2-29-30-19-7-6-17(23)13-16(19)14-25-11-12-31-20(24)15-28-21(22(31)32)27-10-8-18-5-3-4-9-26-18/h2-7,9,13,15,25,30H,8,10-12,14H2,1H3,(H,27,28)/b29-2-. The molecule has 0 fully saturated rings. The molecule has 32 heavy (non-hydrogen) atoms. The van der Waals surface area contributed by atoms with Gasteiger partial charge in [-0.25, -0.2) is 4.98 Å². The molecule has 0 aliphatic heterocycles. The maximum Gasteiger partial charge on any atom is 0.294 e. The lowest BCUT2D eigenvalue weighted by molar-refractivity contribution is 0.584. The molecular formula is C22H25Cl2N7O. The Hall–Kier alpha value is -2.94. The second kappa shape index (κ2) is 12.2. The van der Waals surface area contributed by atoms with Crippen LogP contribution in [-0.2, 0) is 19.5 Å². The lowest BCUT2D eigenvalue weighted by Crippen LogP contribution is -2.30. The third kappa shape index (κ3) is 6.78. The van der Waals surface area contributed by atoms with Crippen molar-refractivity contribution in [3.63, 3.8) is 0 Å². The van der Waals surface area contributed by atoms with E-state index in [2.05, 4.69) is 31.1 Å². The molecule has 0 spiro atoms. The monoisotopic (exact) mass is 473 g/mol. The fourth-order valence-electron chi connectivity index (χ4n) is 3.02. The van der Waals surface area contributed by atoms with Crippen LogP contribution in [-0.4, -0.2) is 33.8 Å². The van der Waals surface area contributed by atoms with Gasteiger partial charge in [0, 0.05) is 55.7 Å². The van der Waals surface area contributed by atoms with Crippen molar-refractivity contribution in [2.75, 3.05) is 23.8 Å². The first-order valence-corrected chi connectivity index (χ1v) is 11.0. The number of aromatic nitrogens is 3. The Morgan fingerprint density at radius 2 is 2.03 bits per heavy atom. The third-order valence-corrected chi connectivity index (χ3v) is 5.15. The molecule has 2 heterocycles. The maximum atomic E-state index is 12.8. The van der Waals surface area contributed by atoms with Crippen LogP contribution in [0.25, 0.3) is 0 Å². The van der Waals surface area contributed by atoms with Gasteiger partial charge in [-0.05, 0) is 42.8 Å². The quantitative estimate of drug-likeness (QED) is 0.222. The smallest absolute Gasteiger partial charge is 0.294 e. The second-order valence-electron chi connectivity index (χ2n) is 6.86. The molecule has 0 saturated heterocycles. The molecule has 0 bridgehead atoms. The Morgan fingerprint density at radius 1 is 1.16 bits per heavy atom. The van der Waals surface area contributed by atoms with Crippen molar-refractivity contribution in [3.05, 3.63) is 80.6 Å². The number of hydrogen-bond donors (Lipinski definition) is 3. The summed E-state index contributed by atoms with van der Waals surface area (Å²) >= 11 is 12.3. The molecule has 0 radical (unpaired) electrons. The van der Waals surface area contributed by atoms with Crippen molar-refractivity contribution in [2.24, 2.45) is 5.10 Å². The lowest BCUT2D eigenvalue weighted by Gasteiger charge is -2.13. The highest BCUT2D eigenvalue weighted by atomic mass is 35.5. The zero-order valence-electron chi connectivity index (χ0n) is 17.7. The van der Waals surface area contributed by atoms with Crippen molar-refractivity contribution >= 4 is 40.9 Å². The van der Waals surface area contributed by atoms with E-state index < -0.39 is 0 Å². The maximum absolute atomic E-state index is 12.8. The van der Waals surface area contributed by atoms with E-state index in [1.54, 1.807) is 18.5 Å². The van der Waals surface area contributed by atoms with E-state index >= 15 is 0 Å². The van der Waals surface area contributed by atoms with Gasteiger partial charge in [-0.15, -0.1) is 0 Å². The summed E-state index contributed by atoms with van der Waals surface area (Å²) in [5, 5.41) is 11.4. The second-order valence-corrected chi connectivity index (χ2v) is 7.69. The topological polar surface area (TPSA) is 96.2 Å². The number of benzene rings is 1. The first-order chi connectivity index (χ1) is 15.6. The summed E-state index contributed by atoms with van der Waals surface area (Å²) in [6.45, 7) is 3.85. The predicted molar refractivity (Wildman–Crippen MR) is 131 cm³/mol. The van der Waals surface area contributed by atoms with Gasteiger partial charge in [-0.3, -0.25) is 19.8 Å². The van der Waals surface area contributed by atoms with Crippen molar-refractivity contribution in [2.45, 2.75) is 26.4 Å². The van der Waals surface area contributed by atoms with E-state index in [-0.39, 0.29) is 16.5 Å². The summed E-state index contributed by atoms with van der Waals surface area (Å²) in [5.41, 5.74) is 5.49. The molecule has 3 N–H and O–H groups in total. The first-order valence-electron chi connectivity index (χ1n) is 10.2. The first kappa shape index (κ1) is 23.7. The Balaban J connectivity index is 1.57. The Bertz CT molecular complexity index is 1100. The Morgan fingerprint density at radius 3 is 2.81 bits per heavy atom. The van der Waals surface area contributed by atoms with Crippen LogP contribution < -0.4 is 21.6 Å². The Labute approximate surface area is 196 Å². The van der Waals surface area contributed by atoms with E-state index in [0.29, 0.717) is 37.6 Å². The molecule has 0 atom stereocenters. The number of anilines is 2. The van der Waals surface area contributed by atoms with Gasteiger partial charge in [0.15, 0.2) is 5.82 Å².